The molecule has 0 aliphatic heterocycles. The highest BCUT2D eigenvalue weighted by atomic mass is 16.5. The number of pyridine rings is 1. The van der Waals surface area contributed by atoms with Gasteiger partial charge < -0.3 is 15.5 Å². The Kier molecular flexibility index (Phi) is 2.64. The summed E-state index contributed by atoms with van der Waals surface area (Å²) in [6.07, 6.45) is 3.75. The molecule has 2 aromatic rings. The Morgan fingerprint density at radius 3 is 2.73 bits per heavy atom. The molecule has 0 spiro atoms. The van der Waals surface area contributed by atoms with Gasteiger partial charge in [0.1, 0.15) is 5.56 Å². The maximum atomic E-state index is 12.2. The van der Waals surface area contributed by atoms with Gasteiger partial charge in [0.25, 0.3) is 5.56 Å². The number of ether oxygens (including phenoxy) is 1. The standard InChI is InChI=1S/C17H18N2O3/c1-2-22-16(21)13-14(18)11-4-3-10(5-12(11)19-15(13)20)17-6-9(7-17)8-17/h3-5,9H,2,6-8H2,1H3,(H3,18,19,20). The number of nitrogens with one attached hydrogen (secondary N) is 1. The molecule has 0 atom stereocenters. The zero-order valence-electron chi connectivity index (χ0n) is 12.4. The van der Waals surface area contributed by atoms with E-state index < -0.39 is 11.5 Å². The van der Waals surface area contributed by atoms with Crippen molar-refractivity contribution in [2.45, 2.75) is 31.6 Å². The second kappa shape index (κ2) is 4.35. The molecule has 0 unspecified atom stereocenters. The summed E-state index contributed by atoms with van der Waals surface area (Å²) in [7, 11) is 0. The van der Waals surface area contributed by atoms with Gasteiger partial charge in [0.15, 0.2) is 0 Å². The fraction of sp³-hybridized carbons (Fsp3) is 0.412. The van der Waals surface area contributed by atoms with Gasteiger partial charge in [-0.2, -0.15) is 0 Å². The summed E-state index contributed by atoms with van der Waals surface area (Å²) >= 11 is 0. The molecule has 1 aromatic heterocycles. The highest BCUT2D eigenvalue weighted by Crippen LogP contribution is 2.65. The summed E-state index contributed by atoms with van der Waals surface area (Å²) in [5.74, 6) is 0.220. The monoisotopic (exact) mass is 298 g/mol. The number of benzene rings is 1. The van der Waals surface area contributed by atoms with Gasteiger partial charge in [-0.25, -0.2) is 4.79 Å². The molecule has 5 rings (SSSR count). The third kappa shape index (κ3) is 1.65. The number of esters is 1. The number of aromatic nitrogens is 1. The van der Waals surface area contributed by atoms with Crippen LogP contribution in [0.3, 0.4) is 0 Å². The van der Waals surface area contributed by atoms with Crippen LogP contribution in [0.15, 0.2) is 23.0 Å². The van der Waals surface area contributed by atoms with Crippen molar-refractivity contribution in [2.24, 2.45) is 5.92 Å². The summed E-state index contributed by atoms with van der Waals surface area (Å²) < 4.78 is 4.91. The topological polar surface area (TPSA) is 85.2 Å². The SMILES string of the molecule is CCOC(=O)c1c(N)c2ccc(C34CC(C3)C4)cc2[nH]c1=O. The van der Waals surface area contributed by atoms with Crippen LogP contribution in [0.5, 0.6) is 0 Å². The van der Waals surface area contributed by atoms with Crippen molar-refractivity contribution in [2.75, 3.05) is 12.3 Å². The van der Waals surface area contributed by atoms with Crippen LogP contribution in [0.1, 0.15) is 42.1 Å². The molecule has 1 aromatic carbocycles. The number of carbonyl (C=O) groups excluding carboxylic acids is 1. The number of nitrogens with two attached hydrogens (primary N) is 1. The molecule has 0 saturated heterocycles. The van der Waals surface area contributed by atoms with E-state index in [1.54, 1.807) is 6.92 Å². The third-order valence-corrected chi connectivity index (χ3v) is 5.18. The largest absolute Gasteiger partial charge is 0.462 e. The molecule has 114 valence electrons. The second-order valence-corrected chi connectivity index (χ2v) is 6.48. The molecule has 5 nitrogen and oxygen atoms in total. The van der Waals surface area contributed by atoms with E-state index in [2.05, 4.69) is 11.1 Å². The van der Waals surface area contributed by atoms with Crippen LogP contribution in [-0.2, 0) is 10.2 Å². The van der Waals surface area contributed by atoms with Gasteiger partial charge in [-0.05, 0) is 49.1 Å². The quantitative estimate of drug-likeness (QED) is 0.852. The second-order valence-electron chi connectivity index (χ2n) is 6.48. The normalized spacial score (nSPS) is 25.4. The number of nitrogen functional groups attached to an aromatic ring is 1. The van der Waals surface area contributed by atoms with E-state index in [0.29, 0.717) is 16.3 Å². The fourth-order valence-corrected chi connectivity index (χ4v) is 3.89. The molecule has 5 heteroatoms. The highest BCUT2D eigenvalue weighted by Gasteiger charge is 2.57. The fourth-order valence-electron chi connectivity index (χ4n) is 3.89. The van der Waals surface area contributed by atoms with E-state index in [-0.39, 0.29) is 17.9 Å². The van der Waals surface area contributed by atoms with Gasteiger partial charge in [-0.15, -0.1) is 0 Å². The van der Waals surface area contributed by atoms with E-state index in [4.69, 9.17) is 10.5 Å². The average Bonchev–Trinajstić information content (AvgIpc) is 2.35. The highest BCUT2D eigenvalue weighted by molar-refractivity contribution is 6.04. The zero-order chi connectivity index (χ0) is 15.5. The minimum atomic E-state index is -0.674. The molecule has 3 N–H and O–H groups in total. The van der Waals surface area contributed by atoms with Crippen molar-refractivity contribution in [3.05, 3.63) is 39.7 Å². The van der Waals surface area contributed by atoms with E-state index in [1.807, 2.05) is 12.1 Å². The van der Waals surface area contributed by atoms with E-state index in [0.717, 1.165) is 5.92 Å². The van der Waals surface area contributed by atoms with Crippen molar-refractivity contribution in [3.63, 3.8) is 0 Å². The number of anilines is 1. The van der Waals surface area contributed by atoms with Crippen LogP contribution in [0, 0.1) is 5.92 Å². The summed E-state index contributed by atoms with van der Waals surface area (Å²) in [4.78, 5) is 26.9. The lowest BCUT2D eigenvalue weighted by Crippen LogP contribution is -2.55. The number of rotatable bonds is 3. The molecule has 0 radical (unpaired) electrons. The molecule has 0 amide bonds. The van der Waals surface area contributed by atoms with Crippen LogP contribution in [0.4, 0.5) is 5.69 Å². The Labute approximate surface area is 127 Å². The van der Waals surface area contributed by atoms with E-state index in [9.17, 15) is 9.59 Å². The molecule has 2 bridgehead atoms. The van der Waals surface area contributed by atoms with Gasteiger partial charge in [0.05, 0.1) is 17.8 Å². The molecule has 3 fully saturated rings. The Hall–Kier alpha value is -2.30. The summed E-state index contributed by atoms with van der Waals surface area (Å²) in [5, 5.41) is 0.693. The van der Waals surface area contributed by atoms with Gasteiger partial charge in [-0.3, -0.25) is 4.79 Å². The van der Waals surface area contributed by atoms with E-state index in [1.165, 1.54) is 24.8 Å². The van der Waals surface area contributed by atoms with Crippen LogP contribution >= 0.6 is 0 Å². The first kappa shape index (κ1) is 13.4. The number of aromatic amines is 1. The van der Waals surface area contributed by atoms with Crippen molar-refractivity contribution in [3.8, 4) is 0 Å². The molecule has 3 aliphatic rings. The van der Waals surface area contributed by atoms with Crippen LogP contribution in [0.2, 0.25) is 0 Å². The number of carbonyl (C=O) groups is 1. The lowest BCUT2D eigenvalue weighted by molar-refractivity contribution is -0.0273. The lowest BCUT2D eigenvalue weighted by Gasteiger charge is -2.62. The zero-order valence-corrected chi connectivity index (χ0v) is 12.4. The predicted molar refractivity (Wildman–Crippen MR) is 84.0 cm³/mol. The first-order chi connectivity index (χ1) is 10.5. The van der Waals surface area contributed by atoms with Gasteiger partial charge in [0, 0.05) is 5.39 Å². The summed E-state index contributed by atoms with van der Waals surface area (Å²) in [6.45, 7) is 1.90. The maximum Gasteiger partial charge on any atom is 0.345 e. The first-order valence-corrected chi connectivity index (χ1v) is 7.67. The Morgan fingerprint density at radius 2 is 2.14 bits per heavy atom. The smallest absolute Gasteiger partial charge is 0.345 e. The number of hydrogen-bond acceptors (Lipinski definition) is 4. The maximum absolute atomic E-state index is 12.2. The summed E-state index contributed by atoms with van der Waals surface area (Å²) in [5.41, 5.74) is 7.93. The van der Waals surface area contributed by atoms with Crippen molar-refractivity contribution < 1.29 is 9.53 Å². The number of H-pyrrole nitrogens is 1. The molecule has 22 heavy (non-hydrogen) atoms. The Bertz CT molecular complexity index is 836. The minimum absolute atomic E-state index is 0.104. The Balaban J connectivity index is 1.84. The first-order valence-electron chi connectivity index (χ1n) is 7.67. The molecule has 3 saturated carbocycles. The van der Waals surface area contributed by atoms with Crippen LogP contribution in [0.25, 0.3) is 10.9 Å². The Morgan fingerprint density at radius 1 is 1.41 bits per heavy atom. The lowest BCUT2D eigenvalue weighted by atomic mass is 9.42. The third-order valence-electron chi connectivity index (χ3n) is 5.18. The van der Waals surface area contributed by atoms with Crippen molar-refractivity contribution >= 4 is 22.6 Å². The molecule has 3 aliphatic carbocycles. The van der Waals surface area contributed by atoms with E-state index >= 15 is 0 Å². The predicted octanol–water partition coefficient (Wildman–Crippen LogP) is 2.34. The molecular weight excluding hydrogens is 280 g/mol. The number of fused-ring (bicyclic) bond motifs is 1. The molecule has 1 heterocycles. The van der Waals surface area contributed by atoms with Crippen molar-refractivity contribution in [1.29, 1.82) is 0 Å². The molecular formula is C17H18N2O3. The number of hydrogen-bond donors (Lipinski definition) is 2. The minimum Gasteiger partial charge on any atom is -0.462 e. The average molecular weight is 298 g/mol. The van der Waals surface area contributed by atoms with Crippen LogP contribution < -0.4 is 11.3 Å². The van der Waals surface area contributed by atoms with Crippen molar-refractivity contribution in [1.82, 2.24) is 4.98 Å². The van der Waals surface area contributed by atoms with Gasteiger partial charge in [0.2, 0.25) is 0 Å². The van der Waals surface area contributed by atoms with Gasteiger partial charge in [-0.1, -0.05) is 12.1 Å². The summed E-state index contributed by atoms with van der Waals surface area (Å²) in [6, 6.07) is 5.98. The van der Waals surface area contributed by atoms with Gasteiger partial charge >= 0.3 is 5.97 Å². The van der Waals surface area contributed by atoms with Crippen LogP contribution in [-0.4, -0.2) is 17.6 Å².